The van der Waals surface area contributed by atoms with E-state index in [1.54, 1.807) is 5.56 Å². The SMILES string of the molecule is CC1Cc2ccccc2-c2sc3ccsc3c21. The predicted molar refractivity (Wildman–Crippen MR) is 77.3 cm³/mol. The van der Waals surface area contributed by atoms with Crippen LogP contribution in [0.25, 0.3) is 19.8 Å². The van der Waals surface area contributed by atoms with E-state index in [9.17, 15) is 0 Å². The molecule has 0 radical (unpaired) electrons. The van der Waals surface area contributed by atoms with Crippen LogP contribution in [0.15, 0.2) is 35.7 Å². The number of hydrogen-bond donors (Lipinski definition) is 0. The third-order valence-corrected chi connectivity index (χ3v) is 5.89. The van der Waals surface area contributed by atoms with Crippen LogP contribution >= 0.6 is 22.7 Å². The van der Waals surface area contributed by atoms with Crippen molar-refractivity contribution in [2.75, 3.05) is 0 Å². The van der Waals surface area contributed by atoms with E-state index < -0.39 is 0 Å². The smallest absolute Gasteiger partial charge is 0.0491 e. The molecule has 0 fully saturated rings. The topological polar surface area (TPSA) is 0 Å². The summed E-state index contributed by atoms with van der Waals surface area (Å²) >= 11 is 3.86. The maximum Gasteiger partial charge on any atom is 0.0491 e. The maximum absolute atomic E-state index is 2.36. The molecule has 0 bridgehead atoms. The van der Waals surface area contributed by atoms with Gasteiger partial charge in [0.1, 0.15) is 0 Å². The summed E-state index contributed by atoms with van der Waals surface area (Å²) in [5, 5.41) is 2.22. The van der Waals surface area contributed by atoms with Crippen LogP contribution in [-0.2, 0) is 6.42 Å². The fourth-order valence-electron chi connectivity index (χ4n) is 2.84. The van der Waals surface area contributed by atoms with E-state index in [0.29, 0.717) is 5.92 Å². The lowest BCUT2D eigenvalue weighted by molar-refractivity contribution is 0.760. The van der Waals surface area contributed by atoms with E-state index >= 15 is 0 Å². The van der Waals surface area contributed by atoms with Crippen molar-refractivity contribution in [2.24, 2.45) is 0 Å². The van der Waals surface area contributed by atoms with Crippen molar-refractivity contribution in [3.63, 3.8) is 0 Å². The van der Waals surface area contributed by atoms with Gasteiger partial charge in [-0.25, -0.2) is 0 Å². The number of thiophene rings is 2. The summed E-state index contributed by atoms with van der Waals surface area (Å²) in [5.41, 5.74) is 4.58. The Kier molecular flexibility index (Phi) is 1.99. The lowest BCUT2D eigenvalue weighted by Gasteiger charge is -2.22. The average Bonchev–Trinajstić information content (AvgIpc) is 2.88. The molecule has 0 aliphatic heterocycles. The van der Waals surface area contributed by atoms with Crippen molar-refractivity contribution >= 4 is 32.1 Å². The van der Waals surface area contributed by atoms with E-state index in [1.807, 2.05) is 22.7 Å². The Morgan fingerprint density at radius 3 is 3.00 bits per heavy atom. The van der Waals surface area contributed by atoms with Gasteiger partial charge in [-0.2, -0.15) is 0 Å². The molecule has 0 spiro atoms. The monoisotopic (exact) mass is 256 g/mol. The van der Waals surface area contributed by atoms with Gasteiger partial charge in [-0.1, -0.05) is 31.2 Å². The van der Waals surface area contributed by atoms with Crippen LogP contribution in [0.2, 0.25) is 0 Å². The molecule has 0 saturated carbocycles. The molecular weight excluding hydrogens is 244 g/mol. The van der Waals surface area contributed by atoms with Gasteiger partial charge in [0.25, 0.3) is 0 Å². The first-order valence-corrected chi connectivity index (χ1v) is 7.62. The first-order chi connectivity index (χ1) is 8.34. The fourth-order valence-corrected chi connectivity index (χ4v) is 5.50. The average molecular weight is 256 g/mol. The molecule has 0 N–H and O–H groups in total. The number of fused-ring (bicyclic) bond motifs is 5. The van der Waals surface area contributed by atoms with Crippen LogP contribution in [0.5, 0.6) is 0 Å². The van der Waals surface area contributed by atoms with Gasteiger partial charge in [0.2, 0.25) is 0 Å². The molecule has 2 heteroatoms. The van der Waals surface area contributed by atoms with Crippen molar-refractivity contribution in [1.82, 2.24) is 0 Å². The van der Waals surface area contributed by atoms with Gasteiger partial charge in [0.15, 0.2) is 0 Å². The normalized spacial score (nSPS) is 18.1. The molecular formula is C15H12S2. The summed E-state index contributed by atoms with van der Waals surface area (Å²) < 4.78 is 2.98. The maximum atomic E-state index is 2.36. The zero-order valence-electron chi connectivity index (χ0n) is 9.57. The van der Waals surface area contributed by atoms with Crippen LogP contribution in [0.4, 0.5) is 0 Å². The van der Waals surface area contributed by atoms with Crippen LogP contribution in [0.3, 0.4) is 0 Å². The molecule has 1 aliphatic carbocycles. The van der Waals surface area contributed by atoms with Crippen molar-refractivity contribution in [1.29, 1.82) is 0 Å². The molecule has 1 atom stereocenters. The molecule has 3 aromatic rings. The number of hydrogen-bond acceptors (Lipinski definition) is 2. The van der Waals surface area contributed by atoms with Crippen LogP contribution < -0.4 is 0 Å². The van der Waals surface area contributed by atoms with Gasteiger partial charge in [0.05, 0.1) is 0 Å². The molecule has 1 aromatic carbocycles. The Bertz CT molecular complexity index is 703. The Balaban J connectivity index is 2.12. The van der Waals surface area contributed by atoms with Gasteiger partial charge in [-0.15, -0.1) is 22.7 Å². The molecule has 0 nitrogen and oxygen atoms in total. The zero-order valence-corrected chi connectivity index (χ0v) is 11.2. The number of rotatable bonds is 0. The van der Waals surface area contributed by atoms with Crippen LogP contribution in [0, 0.1) is 0 Å². The lowest BCUT2D eigenvalue weighted by Crippen LogP contribution is -2.05. The second-order valence-electron chi connectivity index (χ2n) is 4.72. The van der Waals surface area contributed by atoms with Gasteiger partial charge in [-0.05, 0) is 40.5 Å². The minimum atomic E-state index is 0.660. The molecule has 2 aromatic heterocycles. The molecule has 0 amide bonds. The first kappa shape index (κ1) is 9.86. The third kappa shape index (κ3) is 1.28. The predicted octanol–water partition coefficient (Wildman–Crippen LogP) is 5.29. The van der Waals surface area contributed by atoms with Gasteiger partial charge in [-0.3, -0.25) is 0 Å². The highest BCUT2D eigenvalue weighted by molar-refractivity contribution is 7.29. The van der Waals surface area contributed by atoms with E-state index in [2.05, 4.69) is 42.6 Å². The van der Waals surface area contributed by atoms with E-state index in [4.69, 9.17) is 0 Å². The second kappa shape index (κ2) is 3.44. The van der Waals surface area contributed by atoms with E-state index in [-0.39, 0.29) is 0 Å². The highest BCUT2D eigenvalue weighted by Gasteiger charge is 2.26. The van der Waals surface area contributed by atoms with Crippen molar-refractivity contribution in [3.05, 3.63) is 46.8 Å². The lowest BCUT2D eigenvalue weighted by atomic mass is 9.84. The van der Waals surface area contributed by atoms with Gasteiger partial charge < -0.3 is 0 Å². The van der Waals surface area contributed by atoms with Gasteiger partial charge >= 0.3 is 0 Å². The van der Waals surface area contributed by atoms with Gasteiger partial charge in [0, 0.05) is 14.3 Å². The quantitative estimate of drug-likeness (QED) is 0.512. The first-order valence-electron chi connectivity index (χ1n) is 5.93. The number of benzene rings is 1. The summed E-state index contributed by atoms with van der Waals surface area (Å²) in [7, 11) is 0. The van der Waals surface area contributed by atoms with E-state index in [0.717, 1.165) is 0 Å². The largest absolute Gasteiger partial charge is 0.143 e. The highest BCUT2D eigenvalue weighted by Crippen LogP contribution is 2.49. The summed E-state index contributed by atoms with van der Waals surface area (Å²) in [6.45, 7) is 2.36. The Labute approximate surface area is 109 Å². The Hall–Kier alpha value is -1.12. The third-order valence-electron chi connectivity index (χ3n) is 3.61. The molecule has 1 unspecified atom stereocenters. The molecule has 84 valence electrons. The molecule has 1 aliphatic rings. The summed E-state index contributed by atoms with van der Waals surface area (Å²) in [4.78, 5) is 1.52. The van der Waals surface area contributed by atoms with Crippen molar-refractivity contribution in [3.8, 4) is 10.4 Å². The zero-order chi connectivity index (χ0) is 11.4. The minimum absolute atomic E-state index is 0.660. The molecule has 17 heavy (non-hydrogen) atoms. The summed E-state index contributed by atoms with van der Waals surface area (Å²) in [6.07, 6.45) is 1.19. The van der Waals surface area contributed by atoms with Crippen LogP contribution in [0.1, 0.15) is 24.0 Å². The van der Waals surface area contributed by atoms with Crippen molar-refractivity contribution < 1.29 is 0 Å². The summed E-state index contributed by atoms with van der Waals surface area (Å²) in [5.74, 6) is 0.660. The van der Waals surface area contributed by atoms with Crippen molar-refractivity contribution in [2.45, 2.75) is 19.3 Å². The van der Waals surface area contributed by atoms with Crippen LogP contribution in [-0.4, -0.2) is 0 Å². The molecule has 0 saturated heterocycles. The fraction of sp³-hybridized carbons (Fsp3) is 0.200. The standard InChI is InChI=1S/C15H12S2/c1-9-8-10-4-2-3-5-11(10)14-13(9)15-12(17-14)6-7-16-15/h2-7,9H,8H2,1H3. The Morgan fingerprint density at radius 1 is 1.18 bits per heavy atom. The second-order valence-corrected chi connectivity index (χ2v) is 6.69. The molecule has 2 heterocycles. The van der Waals surface area contributed by atoms with E-state index in [1.165, 1.54) is 31.8 Å². The minimum Gasteiger partial charge on any atom is -0.143 e. The summed E-state index contributed by atoms with van der Waals surface area (Å²) in [6, 6.07) is 11.1. The Morgan fingerprint density at radius 2 is 2.06 bits per heavy atom. The molecule has 4 rings (SSSR count). The highest BCUT2D eigenvalue weighted by atomic mass is 32.1.